The number of hydrogen-bond donors (Lipinski definition) is 1. The van der Waals surface area contributed by atoms with Gasteiger partial charge in [0.25, 0.3) is 6.02 Å². The Morgan fingerprint density at radius 1 is 1.27 bits per heavy atom. The van der Waals surface area contributed by atoms with Crippen molar-refractivity contribution in [1.82, 2.24) is 10.3 Å². The molecule has 1 aliphatic rings. The molecule has 6 heteroatoms. The number of hydrogen-bond acceptors (Lipinski definition) is 4. The van der Waals surface area contributed by atoms with Crippen LogP contribution in [0.25, 0.3) is 0 Å². The van der Waals surface area contributed by atoms with Crippen molar-refractivity contribution in [1.29, 1.82) is 0 Å². The molecule has 0 amide bonds. The monoisotopic (exact) mass is 319 g/mol. The highest BCUT2D eigenvalue weighted by molar-refractivity contribution is 6.30. The standard InChI is InChI=1S/C16H15ClFN3O/c17-13-3-1-2-12(15(13)18)14(21-16-20-8-9-22-16)10-11-4-6-19-7-5-11/h1-7,14H,8-10H2,(H,20,21)/t14-/m1/s1. The van der Waals surface area contributed by atoms with Crippen molar-refractivity contribution < 1.29 is 9.13 Å². The molecule has 1 aromatic heterocycles. The SMILES string of the molecule is Fc1c(Cl)cccc1[C@@H](Cc1ccncc1)NC1=NCCO1. The van der Waals surface area contributed by atoms with Crippen LogP contribution in [0.4, 0.5) is 4.39 Å². The van der Waals surface area contributed by atoms with Crippen molar-refractivity contribution >= 4 is 17.6 Å². The molecule has 2 heterocycles. The Hall–Kier alpha value is -2.14. The van der Waals surface area contributed by atoms with E-state index in [-0.39, 0.29) is 11.1 Å². The van der Waals surface area contributed by atoms with Crippen molar-refractivity contribution in [2.24, 2.45) is 4.99 Å². The highest BCUT2D eigenvalue weighted by Crippen LogP contribution is 2.26. The fourth-order valence-corrected chi connectivity index (χ4v) is 2.54. The molecule has 2 aromatic rings. The lowest BCUT2D eigenvalue weighted by molar-refractivity contribution is 0.324. The first kappa shape index (κ1) is 14.8. The first-order valence-electron chi connectivity index (χ1n) is 7.00. The topological polar surface area (TPSA) is 46.5 Å². The average Bonchev–Trinajstić information content (AvgIpc) is 3.03. The van der Waals surface area contributed by atoms with Crippen LogP contribution in [0.2, 0.25) is 5.02 Å². The number of nitrogens with one attached hydrogen (secondary N) is 1. The van der Waals surface area contributed by atoms with Gasteiger partial charge in [0.05, 0.1) is 17.6 Å². The summed E-state index contributed by atoms with van der Waals surface area (Å²) in [6.45, 7) is 1.16. The quantitative estimate of drug-likeness (QED) is 0.941. The van der Waals surface area contributed by atoms with E-state index in [1.54, 1.807) is 24.5 Å². The van der Waals surface area contributed by atoms with Gasteiger partial charge < -0.3 is 10.1 Å². The van der Waals surface area contributed by atoms with E-state index >= 15 is 0 Å². The zero-order valence-electron chi connectivity index (χ0n) is 11.8. The molecule has 1 aromatic carbocycles. The lowest BCUT2D eigenvalue weighted by atomic mass is 9.99. The van der Waals surface area contributed by atoms with Gasteiger partial charge in [-0.15, -0.1) is 0 Å². The second kappa shape index (κ2) is 6.75. The van der Waals surface area contributed by atoms with Gasteiger partial charge >= 0.3 is 0 Å². The lowest BCUT2D eigenvalue weighted by Gasteiger charge is -2.20. The Labute approximate surface area is 133 Å². The van der Waals surface area contributed by atoms with E-state index < -0.39 is 5.82 Å². The van der Waals surface area contributed by atoms with Crippen molar-refractivity contribution in [2.75, 3.05) is 13.2 Å². The third-order valence-electron chi connectivity index (χ3n) is 3.43. The van der Waals surface area contributed by atoms with E-state index in [1.807, 2.05) is 12.1 Å². The second-order valence-electron chi connectivity index (χ2n) is 4.93. The minimum Gasteiger partial charge on any atom is -0.463 e. The molecule has 0 saturated heterocycles. The highest BCUT2D eigenvalue weighted by atomic mass is 35.5. The summed E-state index contributed by atoms with van der Waals surface area (Å²) in [5, 5.41) is 3.26. The van der Waals surface area contributed by atoms with E-state index in [0.29, 0.717) is 31.2 Å². The minimum atomic E-state index is -0.422. The summed E-state index contributed by atoms with van der Waals surface area (Å²) >= 11 is 5.90. The van der Waals surface area contributed by atoms with Crippen LogP contribution in [0, 0.1) is 5.82 Å². The van der Waals surface area contributed by atoms with Gasteiger partial charge in [-0.1, -0.05) is 23.7 Å². The third kappa shape index (κ3) is 3.36. The zero-order valence-corrected chi connectivity index (χ0v) is 12.6. The number of ether oxygens (including phenoxy) is 1. The van der Waals surface area contributed by atoms with Crippen LogP contribution in [-0.2, 0) is 11.2 Å². The Morgan fingerprint density at radius 3 is 2.82 bits per heavy atom. The number of halogens is 2. The molecule has 3 rings (SSSR count). The average molecular weight is 320 g/mol. The summed E-state index contributed by atoms with van der Waals surface area (Å²) in [5.41, 5.74) is 1.52. The van der Waals surface area contributed by atoms with Gasteiger partial charge in [-0.3, -0.25) is 4.98 Å². The third-order valence-corrected chi connectivity index (χ3v) is 3.72. The van der Waals surface area contributed by atoms with Crippen LogP contribution in [0.15, 0.2) is 47.7 Å². The zero-order chi connectivity index (χ0) is 15.4. The number of benzene rings is 1. The van der Waals surface area contributed by atoms with E-state index in [9.17, 15) is 4.39 Å². The van der Waals surface area contributed by atoms with Crippen LogP contribution in [0.1, 0.15) is 17.2 Å². The number of nitrogens with zero attached hydrogens (tertiary/aromatic N) is 2. The predicted molar refractivity (Wildman–Crippen MR) is 83.5 cm³/mol. The fourth-order valence-electron chi connectivity index (χ4n) is 2.35. The molecule has 0 radical (unpaired) electrons. The number of aromatic nitrogens is 1. The summed E-state index contributed by atoms with van der Waals surface area (Å²) in [6.07, 6.45) is 4.00. The predicted octanol–water partition coefficient (Wildman–Crippen LogP) is 3.13. The van der Waals surface area contributed by atoms with E-state index in [1.165, 1.54) is 6.07 Å². The van der Waals surface area contributed by atoms with E-state index in [2.05, 4.69) is 15.3 Å². The maximum atomic E-state index is 14.4. The Balaban J connectivity index is 1.89. The van der Waals surface area contributed by atoms with Gasteiger partial charge in [0, 0.05) is 18.0 Å². The lowest BCUT2D eigenvalue weighted by Crippen LogP contribution is -2.30. The minimum absolute atomic E-state index is 0.105. The summed E-state index contributed by atoms with van der Waals surface area (Å²) in [7, 11) is 0. The fraction of sp³-hybridized carbons (Fsp3) is 0.250. The number of rotatable bonds is 4. The van der Waals surface area contributed by atoms with Gasteiger partial charge in [-0.05, 0) is 30.2 Å². The Kier molecular flexibility index (Phi) is 4.53. The van der Waals surface area contributed by atoms with Gasteiger partial charge in [0.1, 0.15) is 12.4 Å². The van der Waals surface area contributed by atoms with Gasteiger partial charge in [0.15, 0.2) is 0 Å². The largest absolute Gasteiger partial charge is 0.463 e. The molecule has 0 fully saturated rings. The molecule has 1 aliphatic heterocycles. The Bertz CT molecular complexity index is 678. The molecule has 0 spiro atoms. The molecular formula is C16H15ClFN3O. The maximum Gasteiger partial charge on any atom is 0.285 e. The molecule has 1 atom stereocenters. The van der Waals surface area contributed by atoms with Crippen molar-refractivity contribution in [2.45, 2.75) is 12.5 Å². The highest BCUT2D eigenvalue weighted by Gasteiger charge is 2.21. The van der Waals surface area contributed by atoms with E-state index in [0.717, 1.165) is 5.56 Å². The summed E-state index contributed by atoms with van der Waals surface area (Å²) < 4.78 is 19.7. The van der Waals surface area contributed by atoms with Crippen molar-refractivity contribution in [3.63, 3.8) is 0 Å². The summed E-state index contributed by atoms with van der Waals surface area (Å²) in [6, 6.07) is 8.90. The molecule has 0 saturated carbocycles. The molecule has 4 nitrogen and oxygen atoms in total. The first-order valence-corrected chi connectivity index (χ1v) is 7.38. The molecule has 0 aliphatic carbocycles. The molecule has 1 N–H and O–H groups in total. The molecule has 114 valence electrons. The van der Waals surface area contributed by atoms with E-state index in [4.69, 9.17) is 16.3 Å². The van der Waals surface area contributed by atoms with Crippen LogP contribution in [0.3, 0.4) is 0 Å². The molecule has 22 heavy (non-hydrogen) atoms. The molecule has 0 bridgehead atoms. The van der Waals surface area contributed by atoms with Crippen LogP contribution in [0.5, 0.6) is 0 Å². The van der Waals surface area contributed by atoms with Gasteiger partial charge in [0.2, 0.25) is 0 Å². The normalized spacial score (nSPS) is 15.1. The van der Waals surface area contributed by atoms with Gasteiger partial charge in [-0.2, -0.15) is 0 Å². The number of pyridine rings is 1. The maximum absolute atomic E-state index is 14.4. The number of aliphatic imine (C=N–C) groups is 1. The Morgan fingerprint density at radius 2 is 2.09 bits per heavy atom. The molecule has 0 unspecified atom stereocenters. The van der Waals surface area contributed by atoms with Crippen molar-refractivity contribution in [3.05, 3.63) is 64.7 Å². The van der Waals surface area contributed by atoms with Crippen LogP contribution in [-0.4, -0.2) is 24.2 Å². The van der Waals surface area contributed by atoms with Gasteiger partial charge in [-0.25, -0.2) is 9.38 Å². The van der Waals surface area contributed by atoms with Crippen LogP contribution >= 0.6 is 11.6 Å². The van der Waals surface area contributed by atoms with Crippen molar-refractivity contribution in [3.8, 4) is 0 Å². The first-order chi connectivity index (χ1) is 10.7. The van der Waals surface area contributed by atoms with Crippen LogP contribution < -0.4 is 5.32 Å². The summed E-state index contributed by atoms with van der Waals surface area (Å²) in [4.78, 5) is 8.21. The number of amidine groups is 1. The summed E-state index contributed by atoms with van der Waals surface area (Å²) in [5.74, 6) is -0.422. The molecular weight excluding hydrogens is 305 g/mol. The second-order valence-corrected chi connectivity index (χ2v) is 5.34. The smallest absolute Gasteiger partial charge is 0.285 e.